The van der Waals surface area contributed by atoms with Gasteiger partial charge in [0.1, 0.15) is 17.6 Å². The molecule has 1 unspecified atom stereocenters. The fraction of sp³-hybridized carbons (Fsp3) is 0.414. The van der Waals surface area contributed by atoms with Gasteiger partial charge in [0.2, 0.25) is 0 Å². The molecule has 1 atom stereocenters. The zero-order valence-electron chi connectivity index (χ0n) is 22.4. The van der Waals surface area contributed by atoms with Gasteiger partial charge < -0.3 is 18.6 Å². The molecule has 4 aromatic rings. The number of imidazole rings is 1. The molecule has 1 aliphatic carbocycles. The Morgan fingerprint density at radius 2 is 1.73 bits per heavy atom. The number of anilines is 1. The largest absolute Gasteiger partial charge is 0.449 e. The minimum Gasteiger partial charge on any atom is -0.449 e. The average Bonchev–Trinajstić information content (AvgIpc) is 3.49. The molecule has 2 aromatic heterocycles. The van der Waals surface area contributed by atoms with Crippen LogP contribution in [0.2, 0.25) is 0 Å². The van der Waals surface area contributed by atoms with Crippen LogP contribution in [-0.2, 0) is 9.47 Å². The third-order valence-electron chi connectivity index (χ3n) is 8.05. The Morgan fingerprint density at radius 1 is 1.00 bits per heavy atom. The van der Waals surface area contributed by atoms with Gasteiger partial charge >= 0.3 is 6.09 Å². The van der Waals surface area contributed by atoms with Crippen molar-refractivity contribution in [3.05, 3.63) is 65.1 Å². The Bertz CT molecular complexity index is 1550. The van der Waals surface area contributed by atoms with Crippen molar-refractivity contribution >= 4 is 22.8 Å². The first-order valence-electron chi connectivity index (χ1n) is 13.3. The minimum atomic E-state index is -1.60. The topological polar surface area (TPSA) is 82.6 Å². The highest BCUT2D eigenvalue weighted by Crippen LogP contribution is 2.41. The SMILES string of the molecule is CO[C@H]1CC[C@H](n2c(C3CCOC(=O)N3c3cc(F)c(F)c(F)c3)nc3cc(-c4c(C)noc4C)ccc32)CC1. The Morgan fingerprint density at radius 3 is 2.38 bits per heavy atom. The highest BCUT2D eigenvalue weighted by molar-refractivity contribution is 5.90. The maximum atomic E-state index is 14.3. The molecule has 1 aliphatic heterocycles. The van der Waals surface area contributed by atoms with Crippen LogP contribution >= 0.6 is 0 Å². The predicted octanol–water partition coefficient (Wildman–Crippen LogP) is 6.94. The van der Waals surface area contributed by atoms with Crippen LogP contribution in [-0.4, -0.2) is 40.6 Å². The van der Waals surface area contributed by atoms with Crippen LogP contribution in [0.3, 0.4) is 0 Å². The number of ether oxygens (including phenoxy) is 2. The van der Waals surface area contributed by atoms with E-state index in [-0.39, 0.29) is 24.4 Å². The van der Waals surface area contributed by atoms with Gasteiger partial charge in [0.25, 0.3) is 0 Å². The van der Waals surface area contributed by atoms with Crippen molar-refractivity contribution in [1.29, 1.82) is 0 Å². The molecule has 8 nitrogen and oxygen atoms in total. The second-order valence-corrected chi connectivity index (χ2v) is 10.4. The maximum Gasteiger partial charge on any atom is 0.414 e. The summed E-state index contributed by atoms with van der Waals surface area (Å²) in [4.78, 5) is 19.2. The van der Waals surface area contributed by atoms with Crippen molar-refractivity contribution in [2.45, 2.75) is 64.1 Å². The molecule has 1 saturated heterocycles. The molecule has 1 saturated carbocycles. The summed E-state index contributed by atoms with van der Waals surface area (Å²) in [6, 6.07) is 6.95. The molecule has 0 spiro atoms. The van der Waals surface area contributed by atoms with E-state index in [9.17, 15) is 18.0 Å². The molecule has 2 fully saturated rings. The number of fused-ring (bicyclic) bond motifs is 1. The lowest BCUT2D eigenvalue weighted by molar-refractivity contribution is 0.0582. The van der Waals surface area contributed by atoms with E-state index in [1.165, 1.54) is 4.90 Å². The Balaban J connectivity index is 1.51. The van der Waals surface area contributed by atoms with E-state index >= 15 is 0 Å². The monoisotopic (exact) mass is 554 g/mol. The number of aryl methyl sites for hydroxylation is 2. The number of carbonyl (C=O) groups excluding carboxylic acids is 1. The summed E-state index contributed by atoms with van der Waals surface area (Å²) in [6.07, 6.45) is 3.12. The number of halogens is 3. The third kappa shape index (κ3) is 4.42. The number of benzene rings is 2. The van der Waals surface area contributed by atoms with Gasteiger partial charge in [0.05, 0.1) is 35.1 Å². The normalized spacial score (nSPS) is 21.7. The molecule has 1 amide bonds. The second-order valence-electron chi connectivity index (χ2n) is 10.4. The second kappa shape index (κ2) is 10.3. The van der Waals surface area contributed by atoms with Gasteiger partial charge in [0.15, 0.2) is 17.5 Å². The summed E-state index contributed by atoms with van der Waals surface area (Å²) in [5, 5.41) is 4.07. The molecular formula is C29H29F3N4O4. The molecule has 0 bridgehead atoms. The van der Waals surface area contributed by atoms with Crippen molar-refractivity contribution in [3.63, 3.8) is 0 Å². The Hall–Kier alpha value is -3.86. The quantitative estimate of drug-likeness (QED) is 0.249. The Labute approximate surface area is 228 Å². The van der Waals surface area contributed by atoms with Crippen LogP contribution in [0.15, 0.2) is 34.9 Å². The number of methoxy groups -OCH3 is 1. The van der Waals surface area contributed by atoms with E-state index in [4.69, 9.17) is 19.0 Å². The van der Waals surface area contributed by atoms with Gasteiger partial charge in [0, 0.05) is 37.3 Å². The zero-order valence-corrected chi connectivity index (χ0v) is 22.4. The lowest BCUT2D eigenvalue weighted by atomic mass is 9.92. The highest BCUT2D eigenvalue weighted by Gasteiger charge is 2.38. The summed E-state index contributed by atoms with van der Waals surface area (Å²) < 4.78 is 60.7. The fourth-order valence-electron chi connectivity index (χ4n) is 6.12. The molecular weight excluding hydrogens is 525 g/mol. The lowest BCUT2D eigenvalue weighted by Crippen LogP contribution is -2.42. The molecule has 0 radical (unpaired) electrons. The van der Waals surface area contributed by atoms with Crippen LogP contribution in [0.25, 0.3) is 22.2 Å². The highest BCUT2D eigenvalue weighted by atomic mass is 19.2. The summed E-state index contributed by atoms with van der Waals surface area (Å²) in [5.74, 6) is -3.10. The molecule has 2 aliphatic rings. The van der Waals surface area contributed by atoms with E-state index < -0.39 is 29.6 Å². The summed E-state index contributed by atoms with van der Waals surface area (Å²) in [5.41, 5.74) is 3.99. The number of carbonyl (C=O) groups is 1. The molecule has 210 valence electrons. The number of amides is 1. The fourth-order valence-corrected chi connectivity index (χ4v) is 6.12. The van der Waals surface area contributed by atoms with Crippen LogP contribution in [0, 0.1) is 31.3 Å². The van der Waals surface area contributed by atoms with Crippen molar-refractivity contribution < 1.29 is 32.0 Å². The van der Waals surface area contributed by atoms with Crippen molar-refractivity contribution in [1.82, 2.24) is 14.7 Å². The van der Waals surface area contributed by atoms with E-state index in [0.29, 0.717) is 23.5 Å². The average molecular weight is 555 g/mol. The van der Waals surface area contributed by atoms with Crippen LogP contribution in [0.1, 0.15) is 61.5 Å². The van der Waals surface area contributed by atoms with Crippen LogP contribution in [0.5, 0.6) is 0 Å². The van der Waals surface area contributed by atoms with Gasteiger partial charge in [-0.25, -0.2) is 22.9 Å². The summed E-state index contributed by atoms with van der Waals surface area (Å²) in [6.45, 7) is 3.83. The summed E-state index contributed by atoms with van der Waals surface area (Å²) in [7, 11) is 1.71. The third-order valence-corrected chi connectivity index (χ3v) is 8.05. The zero-order chi connectivity index (χ0) is 28.1. The minimum absolute atomic E-state index is 0.0674. The van der Waals surface area contributed by atoms with Crippen molar-refractivity contribution in [3.8, 4) is 11.1 Å². The number of rotatable bonds is 5. The van der Waals surface area contributed by atoms with E-state index in [1.807, 2.05) is 32.0 Å². The van der Waals surface area contributed by atoms with E-state index in [2.05, 4.69) is 9.72 Å². The molecule has 6 rings (SSSR count). The molecule has 2 aromatic carbocycles. The van der Waals surface area contributed by atoms with Gasteiger partial charge in [-0.1, -0.05) is 11.2 Å². The lowest BCUT2D eigenvalue weighted by Gasteiger charge is -2.37. The van der Waals surface area contributed by atoms with Gasteiger partial charge in [-0.15, -0.1) is 0 Å². The van der Waals surface area contributed by atoms with Crippen molar-refractivity contribution in [2.75, 3.05) is 18.6 Å². The van der Waals surface area contributed by atoms with Crippen LogP contribution in [0.4, 0.5) is 23.7 Å². The number of hydrogen-bond donors (Lipinski definition) is 0. The van der Waals surface area contributed by atoms with E-state index in [1.54, 1.807) is 7.11 Å². The number of nitrogens with zero attached hydrogens (tertiary/aromatic N) is 4. The molecule has 40 heavy (non-hydrogen) atoms. The molecule has 3 heterocycles. The predicted molar refractivity (Wildman–Crippen MR) is 141 cm³/mol. The van der Waals surface area contributed by atoms with Crippen molar-refractivity contribution in [2.24, 2.45) is 0 Å². The van der Waals surface area contributed by atoms with Crippen LogP contribution < -0.4 is 4.90 Å². The van der Waals surface area contributed by atoms with E-state index in [0.717, 1.165) is 60.2 Å². The number of hydrogen-bond acceptors (Lipinski definition) is 6. The molecule has 11 heteroatoms. The maximum absolute atomic E-state index is 14.3. The Kier molecular flexibility index (Phi) is 6.77. The number of aromatic nitrogens is 3. The molecule has 0 N–H and O–H groups in total. The standard InChI is InChI=1S/C29H29F3N4O4/c1-15-26(16(2)40-34-15)17-4-9-24-23(12-17)33-28(35(24)18-5-7-20(38-3)8-6-18)25-10-11-39-29(37)36(25)19-13-21(30)27(32)22(31)14-19/h4,9,12-14,18,20,25H,5-8,10-11H2,1-3H3/t18-,20-,25?. The first-order valence-corrected chi connectivity index (χ1v) is 13.3. The smallest absolute Gasteiger partial charge is 0.414 e. The van der Waals surface area contributed by atoms with Gasteiger partial charge in [-0.3, -0.25) is 4.90 Å². The van der Waals surface area contributed by atoms with Gasteiger partial charge in [-0.2, -0.15) is 0 Å². The first-order chi connectivity index (χ1) is 19.3. The summed E-state index contributed by atoms with van der Waals surface area (Å²) >= 11 is 0. The number of cyclic esters (lactones) is 1. The van der Waals surface area contributed by atoms with Gasteiger partial charge in [-0.05, 0) is 57.2 Å². The first kappa shape index (κ1) is 26.4.